The van der Waals surface area contributed by atoms with E-state index in [0.29, 0.717) is 12.1 Å². The summed E-state index contributed by atoms with van der Waals surface area (Å²) >= 11 is -0.0873. The first-order valence-electron chi connectivity index (χ1n) is 5.00. The van der Waals surface area contributed by atoms with Crippen LogP contribution in [0.1, 0.15) is 13.3 Å². The monoisotopic (exact) mass is 284 g/mol. The van der Waals surface area contributed by atoms with Crippen molar-refractivity contribution in [2.24, 2.45) is 13.7 Å². The molecular formula is C10H12N4OSe. The number of nitrogens with zero attached hydrogens (tertiary/aromatic N) is 2. The third-order valence-electron chi connectivity index (χ3n) is 2.32. The Labute approximate surface area is 99.2 Å². The molecule has 1 aromatic carbocycles. The van der Waals surface area contributed by atoms with Crippen molar-refractivity contribution >= 4 is 37.5 Å². The van der Waals surface area contributed by atoms with Crippen molar-refractivity contribution in [1.29, 1.82) is 0 Å². The van der Waals surface area contributed by atoms with Crippen LogP contribution in [0.2, 0.25) is 0 Å². The first-order valence-corrected chi connectivity index (χ1v) is 6.53. The Hall–Kier alpha value is -1.23. The number of amides is 1. The van der Waals surface area contributed by atoms with E-state index < -0.39 is 6.04 Å². The molecule has 6 heteroatoms. The number of nitrogens with two attached hydrogens (primary N) is 1. The molecule has 2 rings (SSSR count). The van der Waals surface area contributed by atoms with E-state index >= 15 is 0 Å². The van der Waals surface area contributed by atoms with Crippen molar-refractivity contribution in [3.63, 3.8) is 0 Å². The van der Waals surface area contributed by atoms with Gasteiger partial charge in [-0.3, -0.25) is 0 Å². The van der Waals surface area contributed by atoms with Gasteiger partial charge in [0.1, 0.15) is 0 Å². The van der Waals surface area contributed by atoms with Crippen LogP contribution in [0.15, 0.2) is 26.1 Å². The molecule has 0 saturated carbocycles. The molecule has 1 atom stereocenters. The average Bonchev–Trinajstić information content (AvgIpc) is 2.77. The van der Waals surface area contributed by atoms with E-state index in [1.807, 2.05) is 25.1 Å². The summed E-state index contributed by atoms with van der Waals surface area (Å²) in [6.07, 6.45) is 0.617. The quantitative estimate of drug-likeness (QED) is 0.841. The Morgan fingerprint density at radius 2 is 2.38 bits per heavy atom. The van der Waals surface area contributed by atoms with Crippen LogP contribution >= 0.6 is 0 Å². The molecular weight excluding hydrogens is 271 g/mol. The minimum absolute atomic E-state index is 0.0873. The van der Waals surface area contributed by atoms with Gasteiger partial charge in [-0.25, -0.2) is 0 Å². The van der Waals surface area contributed by atoms with Gasteiger partial charge in [-0.05, 0) is 0 Å². The summed E-state index contributed by atoms with van der Waals surface area (Å²) in [6.45, 7) is 1.88. The Morgan fingerprint density at radius 1 is 1.56 bits per heavy atom. The number of rotatable bonds is 3. The molecule has 0 bridgehead atoms. The molecule has 84 valence electrons. The van der Waals surface area contributed by atoms with Gasteiger partial charge in [0.05, 0.1) is 0 Å². The van der Waals surface area contributed by atoms with E-state index in [-0.39, 0.29) is 20.5 Å². The number of anilines is 1. The topological polar surface area (TPSA) is 79.8 Å². The minimum atomic E-state index is -0.472. The summed E-state index contributed by atoms with van der Waals surface area (Å²) in [6, 6.07) is 5.09. The fraction of sp³-hybridized carbons (Fsp3) is 0.300. The fourth-order valence-corrected chi connectivity index (χ4v) is 2.47. The zero-order valence-electron chi connectivity index (χ0n) is 8.80. The van der Waals surface area contributed by atoms with Crippen LogP contribution in [-0.2, 0) is 4.79 Å². The number of fused-ring (bicyclic) bond motifs is 1. The number of benzene rings is 1. The summed E-state index contributed by atoms with van der Waals surface area (Å²) in [4.78, 5) is 11.6. The Kier molecular flexibility index (Phi) is 3.33. The summed E-state index contributed by atoms with van der Waals surface area (Å²) in [5.41, 5.74) is 7.98. The summed E-state index contributed by atoms with van der Waals surface area (Å²) in [5, 5.41) is 2.79. The van der Waals surface area contributed by atoms with Gasteiger partial charge < -0.3 is 0 Å². The maximum atomic E-state index is 11.6. The average molecular weight is 283 g/mol. The predicted molar refractivity (Wildman–Crippen MR) is 63.3 cm³/mol. The molecule has 1 aromatic rings. The van der Waals surface area contributed by atoms with Crippen molar-refractivity contribution < 1.29 is 4.79 Å². The first-order chi connectivity index (χ1) is 7.72. The van der Waals surface area contributed by atoms with Gasteiger partial charge >= 0.3 is 98.9 Å². The van der Waals surface area contributed by atoms with Crippen molar-refractivity contribution in [1.82, 2.24) is 0 Å². The van der Waals surface area contributed by atoms with Crippen LogP contribution in [0, 0.1) is 0 Å². The molecule has 0 unspecified atom stereocenters. The second-order valence-corrected chi connectivity index (χ2v) is 4.55. The van der Waals surface area contributed by atoms with Crippen molar-refractivity contribution in [2.45, 2.75) is 19.4 Å². The normalized spacial score (nSPS) is 14.1. The Morgan fingerprint density at radius 3 is 3.12 bits per heavy atom. The van der Waals surface area contributed by atoms with E-state index in [1.54, 1.807) is 0 Å². The van der Waals surface area contributed by atoms with Crippen LogP contribution in [0.3, 0.4) is 0 Å². The van der Waals surface area contributed by atoms with Gasteiger partial charge in [-0.2, -0.15) is 0 Å². The van der Waals surface area contributed by atoms with E-state index in [2.05, 4.69) is 13.2 Å². The third kappa shape index (κ3) is 2.14. The second-order valence-electron chi connectivity index (χ2n) is 3.44. The van der Waals surface area contributed by atoms with Crippen molar-refractivity contribution in [3.8, 4) is 0 Å². The Balaban J connectivity index is 2.21. The van der Waals surface area contributed by atoms with Crippen LogP contribution in [0.4, 0.5) is 17.1 Å². The van der Waals surface area contributed by atoms with E-state index in [9.17, 15) is 4.79 Å². The van der Waals surface area contributed by atoms with Crippen LogP contribution in [0.5, 0.6) is 0 Å². The first kappa shape index (κ1) is 11.3. The molecule has 1 heterocycles. The molecule has 5 nitrogen and oxygen atoms in total. The number of carbonyl (C=O) groups is 1. The molecule has 1 aliphatic heterocycles. The third-order valence-corrected chi connectivity index (χ3v) is 3.46. The molecule has 3 N–H and O–H groups in total. The van der Waals surface area contributed by atoms with Gasteiger partial charge in [-0.1, -0.05) is 0 Å². The molecule has 1 aliphatic rings. The van der Waals surface area contributed by atoms with E-state index in [0.717, 1.165) is 11.4 Å². The number of nitrogens with one attached hydrogen (secondary N) is 1. The molecule has 0 spiro atoms. The summed E-state index contributed by atoms with van der Waals surface area (Å²) in [5.74, 6) is -0.175. The second kappa shape index (κ2) is 4.74. The SMILES string of the molecule is CC[C@H](N)C(=O)Nc1cccc2c1N=[Se]=N2. The molecule has 16 heavy (non-hydrogen) atoms. The predicted octanol–water partition coefficient (Wildman–Crippen LogP) is 1.71. The zero-order valence-corrected chi connectivity index (χ0v) is 10.5. The summed E-state index contributed by atoms with van der Waals surface area (Å²) < 4.78 is 8.52. The van der Waals surface area contributed by atoms with Gasteiger partial charge in [0.15, 0.2) is 0 Å². The number of hydrogen-bond acceptors (Lipinski definition) is 4. The van der Waals surface area contributed by atoms with Crippen LogP contribution < -0.4 is 11.1 Å². The van der Waals surface area contributed by atoms with Crippen LogP contribution in [-0.4, -0.2) is 26.5 Å². The number of hydrogen-bond donors (Lipinski definition) is 2. The molecule has 0 fully saturated rings. The zero-order chi connectivity index (χ0) is 11.5. The molecule has 0 radical (unpaired) electrons. The fourth-order valence-electron chi connectivity index (χ4n) is 1.32. The van der Waals surface area contributed by atoms with Crippen molar-refractivity contribution in [2.75, 3.05) is 5.32 Å². The van der Waals surface area contributed by atoms with E-state index in [4.69, 9.17) is 5.73 Å². The molecule has 0 saturated heterocycles. The summed E-state index contributed by atoms with van der Waals surface area (Å²) in [7, 11) is 0. The van der Waals surface area contributed by atoms with Gasteiger partial charge in [0, 0.05) is 0 Å². The van der Waals surface area contributed by atoms with Gasteiger partial charge in [-0.15, -0.1) is 0 Å². The van der Waals surface area contributed by atoms with E-state index in [1.165, 1.54) is 0 Å². The van der Waals surface area contributed by atoms with Crippen LogP contribution in [0.25, 0.3) is 0 Å². The molecule has 0 aromatic heterocycles. The molecule has 1 amide bonds. The Bertz CT molecular complexity index is 494. The molecule has 0 aliphatic carbocycles. The standard InChI is InChI=1S/C10H12N4OSe/c1-2-6(11)10(15)12-7-4-3-5-8-9(7)14-16-13-8/h3-6H,2,11H2,1H3,(H,12,15)/t6-/m0/s1. The van der Waals surface area contributed by atoms with Gasteiger partial charge in [0.2, 0.25) is 0 Å². The van der Waals surface area contributed by atoms with Crippen molar-refractivity contribution in [3.05, 3.63) is 18.2 Å². The number of carbonyl (C=O) groups excluding carboxylic acids is 1. The maximum absolute atomic E-state index is 11.6. The van der Waals surface area contributed by atoms with Gasteiger partial charge in [0.25, 0.3) is 0 Å².